The van der Waals surface area contributed by atoms with Crippen LogP contribution in [0.3, 0.4) is 0 Å². The molecule has 0 aliphatic carbocycles. The van der Waals surface area contributed by atoms with Crippen molar-refractivity contribution in [3.63, 3.8) is 0 Å². The van der Waals surface area contributed by atoms with Gasteiger partial charge in [-0.3, -0.25) is 5.32 Å². The summed E-state index contributed by atoms with van der Waals surface area (Å²) in [5, 5.41) is 6.81. The van der Waals surface area contributed by atoms with E-state index in [1.54, 1.807) is 16.9 Å². The Bertz CT molecular complexity index is 535. The van der Waals surface area contributed by atoms with Gasteiger partial charge in [-0.1, -0.05) is 30.3 Å². The molecule has 0 aliphatic rings. The van der Waals surface area contributed by atoms with Gasteiger partial charge in [-0.05, 0) is 19.4 Å². The van der Waals surface area contributed by atoms with Gasteiger partial charge in [0.25, 0.3) is 0 Å². The van der Waals surface area contributed by atoms with Gasteiger partial charge in [0.05, 0.1) is 6.20 Å². The lowest BCUT2D eigenvalue weighted by Gasteiger charge is -2.11. The zero-order valence-electron chi connectivity index (χ0n) is 11.0. The first kappa shape index (κ1) is 13.1. The van der Waals surface area contributed by atoms with Gasteiger partial charge >= 0.3 is 6.09 Å². The zero-order chi connectivity index (χ0) is 13.7. The first-order valence-corrected chi connectivity index (χ1v) is 6.18. The van der Waals surface area contributed by atoms with E-state index in [1.807, 2.05) is 44.2 Å². The lowest BCUT2D eigenvalue weighted by molar-refractivity contribution is 0.155. The van der Waals surface area contributed by atoms with E-state index in [9.17, 15) is 4.79 Å². The Hall–Kier alpha value is -2.30. The topological polar surface area (TPSA) is 56.2 Å². The number of nitrogens with one attached hydrogen (secondary N) is 1. The lowest BCUT2D eigenvalue weighted by atomic mass is 10.2. The fourth-order valence-corrected chi connectivity index (χ4v) is 1.69. The second-order valence-electron chi connectivity index (χ2n) is 4.44. The van der Waals surface area contributed by atoms with E-state index in [1.165, 1.54) is 0 Å². The van der Waals surface area contributed by atoms with E-state index in [0.717, 1.165) is 5.56 Å². The van der Waals surface area contributed by atoms with Crippen molar-refractivity contribution in [2.24, 2.45) is 0 Å². The molecule has 0 aliphatic heterocycles. The molecule has 1 N–H and O–H groups in total. The number of rotatable bonds is 4. The summed E-state index contributed by atoms with van der Waals surface area (Å²) in [6.07, 6.45) is 1.17. The largest absolute Gasteiger partial charge is 0.444 e. The summed E-state index contributed by atoms with van der Waals surface area (Å²) in [5.41, 5.74) is 0.954. The van der Waals surface area contributed by atoms with Crippen molar-refractivity contribution >= 4 is 11.9 Å². The molecule has 0 bridgehead atoms. The smallest absolute Gasteiger partial charge is 0.413 e. The summed E-state index contributed by atoms with van der Waals surface area (Å²) >= 11 is 0. The molecule has 0 atom stereocenters. The molecule has 0 saturated heterocycles. The summed E-state index contributed by atoms with van der Waals surface area (Å²) in [7, 11) is 0. The summed E-state index contributed by atoms with van der Waals surface area (Å²) in [4.78, 5) is 11.7. The Morgan fingerprint density at radius 2 is 2.05 bits per heavy atom. The van der Waals surface area contributed by atoms with Crippen LogP contribution in [0.25, 0.3) is 0 Å². The zero-order valence-corrected chi connectivity index (χ0v) is 11.0. The number of ether oxygens (including phenoxy) is 1. The van der Waals surface area contributed by atoms with E-state index in [4.69, 9.17) is 4.74 Å². The number of carbonyl (C=O) groups excluding carboxylic acids is 1. The second kappa shape index (κ2) is 6.04. The minimum atomic E-state index is -0.480. The second-order valence-corrected chi connectivity index (χ2v) is 4.44. The van der Waals surface area contributed by atoms with Crippen LogP contribution in [0.1, 0.15) is 25.5 Å². The third kappa shape index (κ3) is 3.58. The first-order valence-electron chi connectivity index (χ1n) is 6.18. The van der Waals surface area contributed by atoms with Crippen LogP contribution in [0, 0.1) is 0 Å². The van der Waals surface area contributed by atoms with Crippen molar-refractivity contribution in [3.8, 4) is 0 Å². The molecule has 5 nitrogen and oxygen atoms in total. The Kier molecular flexibility index (Phi) is 4.18. The summed E-state index contributed by atoms with van der Waals surface area (Å²) in [5.74, 6) is 0.632. The normalized spacial score (nSPS) is 10.5. The fourth-order valence-electron chi connectivity index (χ4n) is 1.69. The molecule has 2 rings (SSSR count). The minimum Gasteiger partial charge on any atom is -0.444 e. The van der Waals surface area contributed by atoms with E-state index in [2.05, 4.69) is 10.4 Å². The molecular weight excluding hydrogens is 242 g/mol. The van der Waals surface area contributed by atoms with Gasteiger partial charge in [0.1, 0.15) is 12.4 Å². The molecule has 2 aromatic rings. The maximum Gasteiger partial charge on any atom is 0.413 e. The highest BCUT2D eigenvalue weighted by Gasteiger charge is 2.10. The molecule has 19 heavy (non-hydrogen) atoms. The van der Waals surface area contributed by atoms with Crippen LogP contribution in [0.5, 0.6) is 0 Å². The Morgan fingerprint density at radius 1 is 1.32 bits per heavy atom. The van der Waals surface area contributed by atoms with E-state index in [0.29, 0.717) is 5.82 Å². The van der Waals surface area contributed by atoms with Crippen molar-refractivity contribution in [1.29, 1.82) is 0 Å². The summed E-state index contributed by atoms with van der Waals surface area (Å²) in [6.45, 7) is 4.24. The van der Waals surface area contributed by atoms with Gasteiger partial charge in [0.2, 0.25) is 0 Å². The minimum absolute atomic E-state index is 0.180. The Labute approximate surface area is 112 Å². The van der Waals surface area contributed by atoms with Crippen LogP contribution in [0.4, 0.5) is 10.6 Å². The number of amides is 1. The lowest BCUT2D eigenvalue weighted by Crippen LogP contribution is -2.17. The van der Waals surface area contributed by atoms with Gasteiger partial charge in [-0.25, -0.2) is 9.48 Å². The molecule has 1 aromatic carbocycles. The highest BCUT2D eigenvalue weighted by molar-refractivity contribution is 5.83. The van der Waals surface area contributed by atoms with Crippen molar-refractivity contribution in [1.82, 2.24) is 9.78 Å². The first-order chi connectivity index (χ1) is 9.16. The quantitative estimate of drug-likeness (QED) is 0.917. The predicted octanol–water partition coefficient (Wildman–Crippen LogP) is 3.21. The fraction of sp³-hybridized carbons (Fsp3) is 0.286. The highest BCUT2D eigenvalue weighted by Crippen LogP contribution is 2.13. The van der Waals surface area contributed by atoms with E-state index < -0.39 is 6.09 Å². The molecule has 0 saturated carbocycles. The number of carbonyl (C=O) groups is 1. The molecule has 100 valence electrons. The van der Waals surface area contributed by atoms with Crippen LogP contribution in [-0.2, 0) is 11.3 Å². The van der Waals surface area contributed by atoms with Crippen molar-refractivity contribution in [2.45, 2.75) is 26.5 Å². The monoisotopic (exact) mass is 259 g/mol. The molecule has 0 unspecified atom stereocenters. The van der Waals surface area contributed by atoms with Gasteiger partial charge in [-0.2, -0.15) is 5.10 Å². The van der Waals surface area contributed by atoms with Gasteiger partial charge in [-0.15, -0.1) is 0 Å². The van der Waals surface area contributed by atoms with Crippen LogP contribution in [-0.4, -0.2) is 15.9 Å². The van der Waals surface area contributed by atoms with Crippen LogP contribution in [0.2, 0.25) is 0 Å². The average molecular weight is 259 g/mol. The molecule has 1 aromatic heterocycles. The number of benzene rings is 1. The van der Waals surface area contributed by atoms with Gasteiger partial charge in [0, 0.05) is 12.1 Å². The number of nitrogens with zero attached hydrogens (tertiary/aromatic N) is 2. The van der Waals surface area contributed by atoms with Gasteiger partial charge < -0.3 is 4.74 Å². The SMILES string of the molecule is CC(C)n1nccc1NC(=O)OCc1ccccc1. The van der Waals surface area contributed by atoms with Crippen LogP contribution >= 0.6 is 0 Å². The molecular formula is C14H17N3O2. The molecule has 1 amide bonds. The number of anilines is 1. The summed E-state index contributed by atoms with van der Waals surface area (Å²) < 4.78 is 6.87. The Morgan fingerprint density at radius 3 is 2.74 bits per heavy atom. The average Bonchev–Trinajstić information content (AvgIpc) is 2.86. The predicted molar refractivity (Wildman–Crippen MR) is 72.9 cm³/mol. The molecule has 5 heteroatoms. The standard InChI is InChI=1S/C14H17N3O2/c1-11(2)17-13(8-9-15-17)16-14(18)19-10-12-6-4-3-5-7-12/h3-9,11H,10H2,1-2H3,(H,16,18). The molecule has 0 fully saturated rings. The molecule has 0 radical (unpaired) electrons. The van der Waals surface area contributed by atoms with E-state index in [-0.39, 0.29) is 12.6 Å². The van der Waals surface area contributed by atoms with Gasteiger partial charge in [0.15, 0.2) is 0 Å². The summed E-state index contributed by atoms with van der Waals surface area (Å²) in [6, 6.07) is 11.5. The molecule has 1 heterocycles. The number of hydrogen-bond donors (Lipinski definition) is 1. The van der Waals surface area contributed by atoms with E-state index >= 15 is 0 Å². The number of aromatic nitrogens is 2. The Balaban J connectivity index is 1.89. The highest BCUT2D eigenvalue weighted by atomic mass is 16.5. The third-order valence-electron chi connectivity index (χ3n) is 2.60. The number of hydrogen-bond acceptors (Lipinski definition) is 3. The van der Waals surface area contributed by atoms with Crippen LogP contribution < -0.4 is 5.32 Å². The van der Waals surface area contributed by atoms with Crippen molar-refractivity contribution < 1.29 is 9.53 Å². The van der Waals surface area contributed by atoms with Crippen molar-refractivity contribution in [3.05, 3.63) is 48.2 Å². The van der Waals surface area contributed by atoms with Crippen molar-refractivity contribution in [2.75, 3.05) is 5.32 Å². The molecule has 0 spiro atoms. The maximum atomic E-state index is 11.7. The maximum absolute atomic E-state index is 11.7. The third-order valence-corrected chi connectivity index (χ3v) is 2.60. The van der Waals surface area contributed by atoms with Crippen LogP contribution in [0.15, 0.2) is 42.6 Å².